The fraction of sp³-hybridized carbons (Fsp3) is 0.769. The van der Waals surface area contributed by atoms with Gasteiger partial charge in [0.1, 0.15) is 11.5 Å². The van der Waals surface area contributed by atoms with Crippen molar-refractivity contribution in [1.29, 1.82) is 0 Å². The van der Waals surface area contributed by atoms with E-state index in [9.17, 15) is 28.8 Å². The molecule has 67 heavy (non-hydrogen) atoms. The van der Waals surface area contributed by atoms with E-state index in [-0.39, 0.29) is 47.5 Å². The minimum absolute atomic E-state index is 0.0548. The Morgan fingerprint density at radius 2 is 0.761 bits per heavy atom. The first-order chi connectivity index (χ1) is 32.6. The molecule has 15 heteroatoms. The summed E-state index contributed by atoms with van der Waals surface area (Å²) < 4.78 is 11.7. The average Bonchev–Trinajstić information content (AvgIpc) is 3.33. The molecule has 0 unspecified atom stereocenters. The summed E-state index contributed by atoms with van der Waals surface area (Å²) in [5, 5.41) is 8.14. The number of hydrazine groups is 1. The van der Waals surface area contributed by atoms with Crippen molar-refractivity contribution in [3.8, 4) is 11.5 Å². The molecule has 0 saturated carbocycles. The molecule has 6 N–H and O–H groups in total. The van der Waals surface area contributed by atoms with Crippen molar-refractivity contribution in [2.75, 3.05) is 59.0 Å². The lowest BCUT2D eigenvalue weighted by molar-refractivity contribution is -0.133. The predicted molar refractivity (Wildman–Crippen MR) is 269 cm³/mol. The molecule has 0 aliphatic heterocycles. The number of carbonyl (C=O) groups excluding carboxylic acids is 6. The van der Waals surface area contributed by atoms with Gasteiger partial charge < -0.3 is 35.2 Å². The van der Waals surface area contributed by atoms with Gasteiger partial charge in [0, 0.05) is 38.8 Å². The second kappa shape index (κ2) is 40.6. The van der Waals surface area contributed by atoms with Gasteiger partial charge in [-0.2, -0.15) is 0 Å². The number of hydrogen-bond acceptors (Lipinski definition) is 9. The quantitative estimate of drug-likeness (QED) is 0.0183. The van der Waals surface area contributed by atoms with Crippen molar-refractivity contribution in [3.05, 3.63) is 23.3 Å². The summed E-state index contributed by atoms with van der Waals surface area (Å²) in [6, 6.07) is 2.50. The number of nitrogens with zero attached hydrogens (tertiary/aromatic N) is 2. The van der Waals surface area contributed by atoms with E-state index in [4.69, 9.17) is 15.3 Å². The third kappa shape index (κ3) is 29.2. The largest absolute Gasteiger partial charge is 0.483 e. The molecular formula is C52H93N7O8. The van der Waals surface area contributed by atoms with E-state index in [1.807, 2.05) is 16.7 Å². The molecule has 0 saturated heterocycles. The van der Waals surface area contributed by atoms with E-state index in [0.717, 1.165) is 83.5 Å². The van der Waals surface area contributed by atoms with Crippen molar-refractivity contribution in [1.82, 2.24) is 31.2 Å². The molecule has 0 aliphatic rings. The Balaban J connectivity index is 3.10. The Kier molecular flexibility index (Phi) is 36.8. The third-order valence-electron chi connectivity index (χ3n) is 11.9. The highest BCUT2D eigenvalue weighted by atomic mass is 16.5. The van der Waals surface area contributed by atoms with E-state index in [1.54, 1.807) is 0 Å². The maximum Gasteiger partial charge on any atom is 0.268 e. The SMILES string of the molecule is CCCCCCCCN(CCCCCCCC)C(=O)CNC(=O)COc1cc(OCC(=O)NCC(=O)N(CCCCCCCC)CCCCCCCC)c(C(=O)NCCCC)cc1C(=O)NN. The number of amides is 6. The Morgan fingerprint density at radius 1 is 0.433 bits per heavy atom. The Hall–Kier alpha value is -4.40. The zero-order chi connectivity index (χ0) is 49.3. The highest BCUT2D eigenvalue weighted by Gasteiger charge is 2.24. The summed E-state index contributed by atoms with van der Waals surface area (Å²) in [4.78, 5) is 83.2. The van der Waals surface area contributed by atoms with Crippen molar-refractivity contribution < 1.29 is 38.2 Å². The van der Waals surface area contributed by atoms with Crippen LogP contribution in [0.4, 0.5) is 0 Å². The highest BCUT2D eigenvalue weighted by Crippen LogP contribution is 2.30. The second-order valence-electron chi connectivity index (χ2n) is 17.9. The maximum atomic E-state index is 13.4. The van der Waals surface area contributed by atoms with Crippen molar-refractivity contribution in [2.45, 2.75) is 202 Å². The molecule has 0 atom stereocenters. The fourth-order valence-corrected chi connectivity index (χ4v) is 7.72. The van der Waals surface area contributed by atoms with E-state index in [1.165, 1.54) is 89.2 Å². The molecule has 1 rings (SSSR count). The number of rotatable bonds is 43. The van der Waals surface area contributed by atoms with Gasteiger partial charge in [0.15, 0.2) is 13.2 Å². The highest BCUT2D eigenvalue weighted by molar-refractivity contribution is 6.03. The monoisotopic (exact) mass is 944 g/mol. The van der Waals surface area contributed by atoms with Gasteiger partial charge >= 0.3 is 0 Å². The molecule has 1 aromatic carbocycles. The first-order valence-electron chi connectivity index (χ1n) is 26.4. The maximum absolute atomic E-state index is 13.4. The minimum Gasteiger partial charge on any atom is -0.483 e. The zero-order valence-corrected chi connectivity index (χ0v) is 42.6. The van der Waals surface area contributed by atoms with Gasteiger partial charge in [0.05, 0.1) is 24.2 Å². The summed E-state index contributed by atoms with van der Waals surface area (Å²) in [7, 11) is 0. The van der Waals surface area contributed by atoms with Crippen molar-refractivity contribution in [3.63, 3.8) is 0 Å². The van der Waals surface area contributed by atoms with E-state index in [2.05, 4.69) is 49.1 Å². The lowest BCUT2D eigenvalue weighted by Crippen LogP contribution is -2.42. The molecule has 1 aromatic rings. The van der Waals surface area contributed by atoms with Crippen molar-refractivity contribution in [2.24, 2.45) is 5.84 Å². The first kappa shape index (κ1) is 60.6. The average molecular weight is 944 g/mol. The van der Waals surface area contributed by atoms with Gasteiger partial charge in [-0.1, -0.05) is 169 Å². The minimum atomic E-state index is -0.789. The van der Waals surface area contributed by atoms with E-state index in [0.29, 0.717) is 39.1 Å². The molecule has 0 aromatic heterocycles. The lowest BCUT2D eigenvalue weighted by atomic mass is 10.1. The molecule has 384 valence electrons. The molecule has 0 fully saturated rings. The van der Waals surface area contributed by atoms with Crippen LogP contribution in [0, 0.1) is 0 Å². The summed E-state index contributed by atoms with van der Waals surface area (Å²) in [5.74, 6) is 2.45. The number of ether oxygens (including phenoxy) is 2. The van der Waals surface area contributed by atoms with Crippen LogP contribution >= 0.6 is 0 Å². The second-order valence-corrected chi connectivity index (χ2v) is 17.9. The number of benzene rings is 1. The Bertz CT molecular complexity index is 1490. The smallest absolute Gasteiger partial charge is 0.268 e. The fourth-order valence-electron chi connectivity index (χ4n) is 7.72. The summed E-state index contributed by atoms with van der Waals surface area (Å²) in [6.07, 6.45) is 28.2. The van der Waals surface area contributed by atoms with Crippen LogP contribution in [0.2, 0.25) is 0 Å². The summed E-state index contributed by atoms with van der Waals surface area (Å²) >= 11 is 0. The molecule has 0 aliphatic carbocycles. The summed E-state index contributed by atoms with van der Waals surface area (Å²) in [6.45, 7) is 12.1. The molecule has 0 bridgehead atoms. The van der Waals surface area contributed by atoms with Crippen LogP contribution in [-0.2, 0) is 19.2 Å². The third-order valence-corrected chi connectivity index (χ3v) is 11.9. The van der Waals surface area contributed by atoms with Gasteiger partial charge in [-0.3, -0.25) is 34.2 Å². The predicted octanol–water partition coefficient (Wildman–Crippen LogP) is 8.91. The van der Waals surface area contributed by atoms with Gasteiger partial charge in [0.2, 0.25) is 11.8 Å². The van der Waals surface area contributed by atoms with Crippen LogP contribution in [0.15, 0.2) is 12.1 Å². The van der Waals surface area contributed by atoms with Gasteiger partial charge in [0.25, 0.3) is 23.6 Å². The standard InChI is InChI=1S/C52H93N7O8/c1-6-11-16-20-24-28-33-58(34-29-25-21-17-12-7-2)49(62)39-55-47(60)41-66-45-38-46(44(52(65)57-53)37-43(45)51(64)54-32-15-10-5)67-42-48(61)56-40-50(63)59(35-30-26-22-18-13-8-3)36-31-27-23-19-14-9-4/h37-38H,6-36,39-42,53H2,1-5H3,(H,54,64)(H,55,60)(H,56,61)(H,57,65). The van der Waals surface area contributed by atoms with Gasteiger partial charge in [-0.25, -0.2) is 5.84 Å². The Labute approximate surface area is 404 Å². The molecule has 15 nitrogen and oxygen atoms in total. The first-order valence-corrected chi connectivity index (χ1v) is 26.4. The topological polar surface area (TPSA) is 202 Å². The van der Waals surface area contributed by atoms with Crippen LogP contribution in [0.3, 0.4) is 0 Å². The molecule has 0 spiro atoms. The zero-order valence-electron chi connectivity index (χ0n) is 42.6. The van der Waals surface area contributed by atoms with Crippen LogP contribution in [0.1, 0.15) is 222 Å². The molecule has 0 radical (unpaired) electrons. The van der Waals surface area contributed by atoms with Crippen molar-refractivity contribution >= 4 is 35.4 Å². The number of unbranched alkanes of at least 4 members (excludes halogenated alkanes) is 21. The molecule has 6 amide bonds. The van der Waals surface area contributed by atoms with Crippen LogP contribution in [-0.4, -0.2) is 104 Å². The number of hydrogen-bond donors (Lipinski definition) is 5. The Morgan fingerprint density at radius 3 is 1.10 bits per heavy atom. The normalized spacial score (nSPS) is 10.9. The number of nitrogens with two attached hydrogens (primary N) is 1. The van der Waals surface area contributed by atoms with Crippen LogP contribution in [0.25, 0.3) is 0 Å². The molecular weight excluding hydrogens is 851 g/mol. The van der Waals surface area contributed by atoms with Crippen LogP contribution in [0.5, 0.6) is 11.5 Å². The van der Waals surface area contributed by atoms with E-state index < -0.39 is 36.8 Å². The van der Waals surface area contributed by atoms with Gasteiger partial charge in [-0.05, 0) is 38.2 Å². The number of nitrogen functional groups attached to an aromatic ring is 1. The summed E-state index contributed by atoms with van der Waals surface area (Å²) in [5.41, 5.74) is 1.85. The molecule has 0 heterocycles. The van der Waals surface area contributed by atoms with Crippen LogP contribution < -0.4 is 36.7 Å². The van der Waals surface area contributed by atoms with E-state index >= 15 is 0 Å². The number of carbonyl (C=O) groups is 6. The lowest BCUT2D eigenvalue weighted by Gasteiger charge is -2.23. The number of nitrogens with one attached hydrogen (secondary N) is 4. The van der Waals surface area contributed by atoms with Gasteiger partial charge in [-0.15, -0.1) is 0 Å².